The van der Waals surface area contributed by atoms with Gasteiger partial charge in [-0.15, -0.1) is 11.3 Å². The summed E-state index contributed by atoms with van der Waals surface area (Å²) in [4.78, 5) is 22.7. The summed E-state index contributed by atoms with van der Waals surface area (Å²) in [7, 11) is 0. The van der Waals surface area contributed by atoms with Crippen LogP contribution in [0, 0.1) is 13.8 Å². The minimum absolute atomic E-state index is 0.381. The highest BCUT2D eigenvalue weighted by Gasteiger charge is 2.15. The number of benzene rings is 2. The van der Waals surface area contributed by atoms with Gasteiger partial charge in [-0.2, -0.15) is 0 Å². The first-order chi connectivity index (χ1) is 13.5. The van der Waals surface area contributed by atoms with Crippen LogP contribution in [0.15, 0.2) is 49.6 Å². The maximum atomic E-state index is 11.6. The molecule has 1 aromatic heterocycles. The summed E-state index contributed by atoms with van der Waals surface area (Å²) < 4.78 is 12.7. The van der Waals surface area contributed by atoms with Crippen molar-refractivity contribution in [2.45, 2.75) is 26.7 Å². The smallest absolute Gasteiger partial charge is 0.335 e. The highest BCUT2D eigenvalue weighted by atomic mass is 32.1. The molecule has 0 saturated heterocycles. The van der Waals surface area contributed by atoms with Gasteiger partial charge >= 0.3 is 11.9 Å². The number of rotatable bonds is 7. The number of esters is 2. The molecule has 0 bridgehead atoms. The molecule has 0 N–H and O–H groups in total. The second-order valence-electron chi connectivity index (χ2n) is 6.49. The fourth-order valence-electron chi connectivity index (χ4n) is 3.22. The summed E-state index contributed by atoms with van der Waals surface area (Å²) in [5, 5.41) is 2.36. The monoisotopic (exact) mass is 394 g/mol. The second-order valence-corrected chi connectivity index (χ2v) is 7.51. The lowest BCUT2D eigenvalue weighted by atomic mass is 10.0. The van der Waals surface area contributed by atoms with E-state index >= 15 is 0 Å². The number of ether oxygens (including phenoxy) is 2. The summed E-state index contributed by atoms with van der Waals surface area (Å²) in [5.41, 5.74) is 3.42. The number of fused-ring (bicyclic) bond motifs is 3. The van der Waals surface area contributed by atoms with E-state index < -0.39 is 5.97 Å². The van der Waals surface area contributed by atoms with Gasteiger partial charge in [0.25, 0.3) is 0 Å². The molecule has 0 fully saturated rings. The van der Waals surface area contributed by atoms with Crippen molar-refractivity contribution in [2.75, 3.05) is 6.61 Å². The zero-order valence-electron chi connectivity index (χ0n) is 16.0. The number of thiophene rings is 1. The van der Waals surface area contributed by atoms with E-state index in [-0.39, 0.29) is 5.97 Å². The quantitative estimate of drug-likeness (QED) is 0.232. The standard InChI is InChI=1S/C23H22O4S/c1-5-20(24)26-13-7-8-16-9-10-17-18-11-12-19(27-21(25)6-2)15(4)23(18)28-22(17)14(16)3/h5-6,9-12H,1-2,7-8,13H2,3-4H3. The van der Waals surface area contributed by atoms with Crippen molar-refractivity contribution in [2.24, 2.45) is 0 Å². The number of aryl methyl sites for hydroxylation is 3. The Hall–Kier alpha value is -2.92. The molecule has 28 heavy (non-hydrogen) atoms. The highest BCUT2D eigenvalue weighted by molar-refractivity contribution is 7.26. The fraction of sp³-hybridized carbons (Fsp3) is 0.217. The van der Waals surface area contributed by atoms with Crippen LogP contribution >= 0.6 is 11.3 Å². The van der Waals surface area contributed by atoms with Gasteiger partial charge in [0.1, 0.15) is 5.75 Å². The van der Waals surface area contributed by atoms with Crippen molar-refractivity contribution in [3.8, 4) is 5.75 Å². The summed E-state index contributed by atoms with van der Waals surface area (Å²) in [6, 6.07) is 8.12. The Kier molecular flexibility index (Phi) is 5.95. The van der Waals surface area contributed by atoms with E-state index in [4.69, 9.17) is 9.47 Å². The predicted octanol–water partition coefficient (Wildman–Crippen LogP) is 5.42. The van der Waals surface area contributed by atoms with Gasteiger partial charge in [-0.25, -0.2) is 9.59 Å². The molecule has 2 aromatic carbocycles. The van der Waals surface area contributed by atoms with E-state index in [0.29, 0.717) is 12.4 Å². The van der Waals surface area contributed by atoms with Crippen LogP contribution in [-0.4, -0.2) is 18.5 Å². The molecule has 0 aliphatic rings. The maximum Gasteiger partial charge on any atom is 0.335 e. The third-order valence-corrected chi connectivity index (χ3v) is 6.21. The molecular weight excluding hydrogens is 372 g/mol. The predicted molar refractivity (Wildman–Crippen MR) is 114 cm³/mol. The molecule has 0 spiro atoms. The van der Waals surface area contributed by atoms with Crippen LogP contribution in [0.3, 0.4) is 0 Å². The Morgan fingerprint density at radius 1 is 0.964 bits per heavy atom. The molecule has 1 heterocycles. The lowest BCUT2D eigenvalue weighted by Gasteiger charge is -2.07. The van der Waals surface area contributed by atoms with Gasteiger partial charge in [0.15, 0.2) is 0 Å². The molecule has 0 aliphatic carbocycles. The van der Waals surface area contributed by atoms with Crippen LogP contribution in [0.5, 0.6) is 5.75 Å². The van der Waals surface area contributed by atoms with Gasteiger partial charge in [0.05, 0.1) is 6.61 Å². The fourth-order valence-corrected chi connectivity index (χ4v) is 4.54. The van der Waals surface area contributed by atoms with E-state index in [9.17, 15) is 9.59 Å². The third-order valence-electron chi connectivity index (χ3n) is 4.75. The average Bonchev–Trinajstić information content (AvgIpc) is 3.08. The molecule has 0 amide bonds. The molecule has 3 rings (SSSR count). The van der Waals surface area contributed by atoms with Crippen molar-refractivity contribution >= 4 is 43.4 Å². The van der Waals surface area contributed by atoms with Crippen molar-refractivity contribution in [3.05, 3.63) is 66.3 Å². The van der Waals surface area contributed by atoms with Crippen LogP contribution < -0.4 is 4.74 Å². The molecule has 0 aliphatic heterocycles. The highest BCUT2D eigenvalue weighted by Crippen LogP contribution is 2.41. The van der Waals surface area contributed by atoms with Gasteiger partial charge in [-0.1, -0.05) is 25.3 Å². The molecule has 144 valence electrons. The van der Waals surface area contributed by atoms with Crippen LogP contribution in [0.4, 0.5) is 0 Å². The lowest BCUT2D eigenvalue weighted by Crippen LogP contribution is -2.04. The van der Waals surface area contributed by atoms with E-state index in [0.717, 1.165) is 34.6 Å². The molecule has 0 unspecified atom stereocenters. The number of carbonyl (C=O) groups excluding carboxylic acids is 2. The first-order valence-corrected chi connectivity index (χ1v) is 9.85. The maximum absolute atomic E-state index is 11.6. The normalized spacial score (nSPS) is 10.8. The first-order valence-electron chi connectivity index (χ1n) is 9.04. The van der Waals surface area contributed by atoms with E-state index in [1.54, 1.807) is 11.3 Å². The SMILES string of the molecule is C=CC(=O)OCCCc1ccc2c(sc3c(C)c(OC(=O)C=C)ccc32)c1C. The number of hydrogen-bond acceptors (Lipinski definition) is 5. The third kappa shape index (κ3) is 3.85. The Labute approximate surface area is 168 Å². The van der Waals surface area contributed by atoms with Crippen LogP contribution in [0.2, 0.25) is 0 Å². The van der Waals surface area contributed by atoms with Crippen LogP contribution in [0.25, 0.3) is 20.2 Å². The Morgan fingerprint density at radius 2 is 1.61 bits per heavy atom. The Bertz CT molecular complexity index is 1090. The largest absolute Gasteiger partial charge is 0.463 e. The average molecular weight is 394 g/mol. The second kappa shape index (κ2) is 8.40. The summed E-state index contributed by atoms with van der Waals surface area (Å²) in [6.45, 7) is 11.3. The topological polar surface area (TPSA) is 52.6 Å². The Morgan fingerprint density at radius 3 is 2.29 bits per heavy atom. The van der Waals surface area contributed by atoms with Crippen LogP contribution in [-0.2, 0) is 20.7 Å². The molecular formula is C23H22O4S. The molecule has 0 atom stereocenters. The zero-order chi connectivity index (χ0) is 20.3. The number of carbonyl (C=O) groups is 2. The summed E-state index contributed by atoms with van der Waals surface area (Å²) >= 11 is 1.71. The molecule has 4 nitrogen and oxygen atoms in total. The van der Waals surface area contributed by atoms with Crippen molar-refractivity contribution in [1.29, 1.82) is 0 Å². The van der Waals surface area contributed by atoms with Crippen molar-refractivity contribution in [3.63, 3.8) is 0 Å². The summed E-state index contributed by atoms with van der Waals surface area (Å²) in [6.07, 6.45) is 3.94. The molecule has 3 aromatic rings. The van der Waals surface area contributed by atoms with E-state index in [1.807, 2.05) is 19.1 Å². The first kappa shape index (κ1) is 19.8. The van der Waals surface area contributed by atoms with Gasteiger partial charge in [0, 0.05) is 37.9 Å². The van der Waals surface area contributed by atoms with Gasteiger partial charge in [0.2, 0.25) is 0 Å². The lowest BCUT2D eigenvalue weighted by molar-refractivity contribution is -0.137. The molecule has 5 heteroatoms. The van der Waals surface area contributed by atoms with Gasteiger partial charge < -0.3 is 9.47 Å². The molecule has 0 radical (unpaired) electrons. The van der Waals surface area contributed by atoms with Gasteiger partial charge in [-0.3, -0.25) is 0 Å². The summed E-state index contributed by atoms with van der Waals surface area (Å²) in [5.74, 6) is -0.287. The minimum atomic E-state index is -0.459. The van der Waals surface area contributed by atoms with Crippen molar-refractivity contribution < 1.29 is 19.1 Å². The van der Waals surface area contributed by atoms with E-state index in [2.05, 4.69) is 32.2 Å². The molecule has 0 saturated carbocycles. The van der Waals surface area contributed by atoms with E-state index in [1.165, 1.54) is 27.3 Å². The zero-order valence-corrected chi connectivity index (χ0v) is 16.9. The van der Waals surface area contributed by atoms with Crippen molar-refractivity contribution in [1.82, 2.24) is 0 Å². The Balaban J connectivity index is 1.91. The number of hydrogen-bond donors (Lipinski definition) is 0. The van der Waals surface area contributed by atoms with Crippen LogP contribution in [0.1, 0.15) is 23.1 Å². The van der Waals surface area contributed by atoms with Gasteiger partial charge in [-0.05, 0) is 49.9 Å². The minimum Gasteiger partial charge on any atom is -0.463 e.